The molecule has 1 saturated carbocycles. The summed E-state index contributed by atoms with van der Waals surface area (Å²) >= 11 is 0. The van der Waals surface area contributed by atoms with Crippen LogP contribution >= 0.6 is 0 Å². The van der Waals surface area contributed by atoms with E-state index in [2.05, 4.69) is 20.4 Å². The third kappa shape index (κ3) is 3.06. The van der Waals surface area contributed by atoms with E-state index in [1.807, 2.05) is 0 Å². The first-order valence-electron chi connectivity index (χ1n) is 6.07. The summed E-state index contributed by atoms with van der Waals surface area (Å²) in [5.74, 6) is 1.06. The van der Waals surface area contributed by atoms with Crippen LogP contribution in [-0.4, -0.2) is 25.7 Å². The van der Waals surface area contributed by atoms with Gasteiger partial charge in [0.05, 0.1) is 12.7 Å². The fraction of sp³-hybridized carbons (Fsp3) is 0.333. The molecular formula is C12H13N5O2. The maximum Gasteiger partial charge on any atom is 0.301 e. The molecule has 1 aliphatic carbocycles. The average Bonchev–Trinajstić information content (AvgIpc) is 2.92. The van der Waals surface area contributed by atoms with Gasteiger partial charge in [0.1, 0.15) is 18.4 Å². The highest BCUT2D eigenvalue weighted by Gasteiger charge is 2.27. The minimum Gasteiger partial charge on any atom is -0.428 e. The van der Waals surface area contributed by atoms with Gasteiger partial charge < -0.3 is 4.42 Å². The Morgan fingerprint density at radius 1 is 1.58 bits per heavy atom. The summed E-state index contributed by atoms with van der Waals surface area (Å²) in [6.45, 7) is 0.492. The molecule has 2 aromatic rings. The lowest BCUT2D eigenvalue weighted by molar-refractivity contribution is -0.112. The Hall–Kier alpha value is -2.44. The third-order valence-corrected chi connectivity index (χ3v) is 2.76. The second kappa shape index (κ2) is 5.05. The van der Waals surface area contributed by atoms with Crippen molar-refractivity contribution in [2.45, 2.75) is 25.3 Å². The molecule has 0 aromatic carbocycles. The second-order valence-corrected chi connectivity index (χ2v) is 4.35. The maximum absolute atomic E-state index is 11.6. The molecule has 1 aliphatic rings. The number of aromatic nitrogens is 4. The first kappa shape index (κ1) is 11.6. The van der Waals surface area contributed by atoms with Crippen LogP contribution in [0.3, 0.4) is 0 Å². The van der Waals surface area contributed by atoms with E-state index < -0.39 is 0 Å². The summed E-state index contributed by atoms with van der Waals surface area (Å²) < 4.78 is 7.04. The van der Waals surface area contributed by atoms with E-state index in [0.29, 0.717) is 12.5 Å². The highest BCUT2D eigenvalue weighted by atomic mass is 16.4. The van der Waals surface area contributed by atoms with Crippen LogP contribution in [0.2, 0.25) is 0 Å². The van der Waals surface area contributed by atoms with Crippen LogP contribution in [0.15, 0.2) is 35.4 Å². The minimum absolute atomic E-state index is 0.248. The topological polar surface area (TPSA) is 85.8 Å². The molecule has 3 rings (SSSR count). The summed E-state index contributed by atoms with van der Waals surface area (Å²) in [4.78, 5) is 19.4. The molecule has 1 N–H and O–H groups in total. The summed E-state index contributed by atoms with van der Waals surface area (Å²) in [7, 11) is 0. The lowest BCUT2D eigenvalue weighted by Gasteiger charge is -1.95. The maximum atomic E-state index is 11.6. The molecule has 1 amide bonds. The lowest BCUT2D eigenvalue weighted by Crippen LogP contribution is -2.08. The fourth-order valence-electron chi connectivity index (χ4n) is 1.64. The Morgan fingerprint density at radius 3 is 3.21 bits per heavy atom. The van der Waals surface area contributed by atoms with Gasteiger partial charge in [-0.15, -0.1) is 0 Å². The molecule has 19 heavy (non-hydrogen) atoms. The molecule has 2 aromatic heterocycles. The van der Waals surface area contributed by atoms with Gasteiger partial charge in [0.15, 0.2) is 0 Å². The second-order valence-electron chi connectivity index (χ2n) is 4.35. The van der Waals surface area contributed by atoms with Crippen molar-refractivity contribution in [3.8, 4) is 0 Å². The van der Waals surface area contributed by atoms with Crippen molar-refractivity contribution in [1.82, 2.24) is 19.7 Å². The number of nitrogens with zero attached hydrogens (tertiary/aromatic N) is 4. The predicted molar refractivity (Wildman–Crippen MR) is 66.3 cm³/mol. The first-order chi connectivity index (χ1) is 9.31. The Morgan fingerprint density at radius 2 is 2.47 bits per heavy atom. The first-order valence-corrected chi connectivity index (χ1v) is 6.07. The van der Waals surface area contributed by atoms with E-state index >= 15 is 0 Å². The molecule has 7 nitrogen and oxygen atoms in total. The molecule has 0 radical (unpaired) electrons. The minimum atomic E-state index is -0.274. The Kier molecular flexibility index (Phi) is 3.09. The van der Waals surface area contributed by atoms with Gasteiger partial charge in [-0.3, -0.25) is 10.1 Å². The van der Waals surface area contributed by atoms with E-state index in [1.165, 1.54) is 12.4 Å². The SMILES string of the molecule is O=C(/C=C/Cn1cncn1)Nc1ncc(C2CC2)o1. The van der Waals surface area contributed by atoms with Gasteiger partial charge in [0.2, 0.25) is 0 Å². The highest BCUT2D eigenvalue weighted by Crippen LogP contribution is 2.40. The Labute approximate surface area is 109 Å². The molecule has 7 heteroatoms. The largest absolute Gasteiger partial charge is 0.428 e. The zero-order chi connectivity index (χ0) is 13.1. The predicted octanol–water partition coefficient (Wildman–Crippen LogP) is 1.34. The van der Waals surface area contributed by atoms with Crippen LogP contribution in [0.5, 0.6) is 0 Å². The number of carbonyl (C=O) groups excluding carboxylic acids is 1. The van der Waals surface area contributed by atoms with E-state index in [0.717, 1.165) is 18.6 Å². The van der Waals surface area contributed by atoms with Gasteiger partial charge >= 0.3 is 6.01 Å². The van der Waals surface area contributed by atoms with Gasteiger partial charge in [-0.25, -0.2) is 14.6 Å². The van der Waals surface area contributed by atoms with Crippen LogP contribution < -0.4 is 5.32 Å². The van der Waals surface area contributed by atoms with Gasteiger partial charge in [-0.2, -0.15) is 5.10 Å². The summed E-state index contributed by atoms with van der Waals surface area (Å²) in [5, 5.41) is 6.49. The average molecular weight is 259 g/mol. The van der Waals surface area contributed by atoms with Crippen LogP contribution in [0.4, 0.5) is 6.01 Å². The lowest BCUT2D eigenvalue weighted by atomic mass is 10.3. The van der Waals surface area contributed by atoms with Gasteiger partial charge in [-0.1, -0.05) is 6.08 Å². The number of hydrogen-bond donors (Lipinski definition) is 1. The number of oxazole rings is 1. The van der Waals surface area contributed by atoms with Crippen molar-refractivity contribution in [3.05, 3.63) is 36.8 Å². The van der Waals surface area contributed by atoms with Crippen LogP contribution in [0.25, 0.3) is 0 Å². The molecule has 0 saturated heterocycles. The zero-order valence-corrected chi connectivity index (χ0v) is 10.2. The van der Waals surface area contributed by atoms with E-state index in [4.69, 9.17) is 4.42 Å². The molecule has 0 spiro atoms. The number of nitrogens with one attached hydrogen (secondary N) is 1. The molecule has 1 fully saturated rings. The normalized spacial score (nSPS) is 14.9. The summed E-state index contributed by atoms with van der Waals surface area (Å²) in [6.07, 6.45) is 10.1. The molecule has 0 aliphatic heterocycles. The van der Waals surface area contributed by atoms with Crippen molar-refractivity contribution in [1.29, 1.82) is 0 Å². The standard InChI is InChI=1S/C12H13N5O2/c18-11(2-1-5-17-8-13-7-15-17)16-12-14-6-10(19-12)9-3-4-9/h1-2,6-9H,3-5H2,(H,14,16,18)/b2-1+. The summed E-state index contributed by atoms with van der Waals surface area (Å²) in [6, 6.07) is 0.248. The van der Waals surface area contributed by atoms with Crippen molar-refractivity contribution in [3.63, 3.8) is 0 Å². The number of amides is 1. The van der Waals surface area contributed by atoms with E-state index in [9.17, 15) is 4.79 Å². The van der Waals surface area contributed by atoms with Crippen molar-refractivity contribution in [2.75, 3.05) is 5.32 Å². The number of carbonyl (C=O) groups is 1. The van der Waals surface area contributed by atoms with Crippen LogP contribution in [0.1, 0.15) is 24.5 Å². The van der Waals surface area contributed by atoms with Crippen molar-refractivity contribution < 1.29 is 9.21 Å². The smallest absolute Gasteiger partial charge is 0.301 e. The number of anilines is 1. The molecule has 0 bridgehead atoms. The Bertz CT molecular complexity index is 583. The van der Waals surface area contributed by atoms with Gasteiger partial charge in [0, 0.05) is 12.0 Å². The Balaban J connectivity index is 1.51. The number of allylic oxidation sites excluding steroid dienone is 1. The fourth-order valence-corrected chi connectivity index (χ4v) is 1.64. The summed E-state index contributed by atoms with van der Waals surface area (Å²) in [5.41, 5.74) is 0. The van der Waals surface area contributed by atoms with Crippen molar-refractivity contribution >= 4 is 11.9 Å². The van der Waals surface area contributed by atoms with E-state index in [1.54, 1.807) is 23.3 Å². The van der Waals surface area contributed by atoms with Crippen LogP contribution in [0, 0.1) is 0 Å². The molecule has 0 atom stereocenters. The molecule has 0 unspecified atom stereocenters. The molecule has 2 heterocycles. The zero-order valence-electron chi connectivity index (χ0n) is 10.2. The van der Waals surface area contributed by atoms with E-state index in [-0.39, 0.29) is 11.9 Å². The highest BCUT2D eigenvalue weighted by molar-refractivity contribution is 5.97. The van der Waals surface area contributed by atoms with Crippen LogP contribution in [-0.2, 0) is 11.3 Å². The number of rotatable bonds is 5. The van der Waals surface area contributed by atoms with Gasteiger partial charge in [-0.05, 0) is 12.8 Å². The van der Waals surface area contributed by atoms with Gasteiger partial charge in [0.25, 0.3) is 5.91 Å². The van der Waals surface area contributed by atoms with Crippen molar-refractivity contribution in [2.24, 2.45) is 0 Å². The third-order valence-electron chi connectivity index (χ3n) is 2.76. The monoisotopic (exact) mass is 259 g/mol. The molecule has 98 valence electrons. The number of hydrogen-bond acceptors (Lipinski definition) is 5. The quantitative estimate of drug-likeness (QED) is 0.819. The molecular weight excluding hydrogens is 246 g/mol.